The highest BCUT2D eigenvalue weighted by molar-refractivity contribution is 9.10. The van der Waals surface area contributed by atoms with Crippen molar-refractivity contribution in [3.8, 4) is 11.5 Å². The smallest absolute Gasteiger partial charge is 0.242 e. The maximum atomic E-state index is 13.1. The van der Waals surface area contributed by atoms with Crippen molar-refractivity contribution in [1.82, 2.24) is 10.2 Å². The van der Waals surface area contributed by atoms with Crippen LogP contribution in [-0.4, -0.2) is 43.5 Å². The highest BCUT2D eigenvalue weighted by atomic mass is 79.9. The normalized spacial score (nSPS) is 11.5. The summed E-state index contributed by atoms with van der Waals surface area (Å²) in [4.78, 5) is 27.1. The van der Waals surface area contributed by atoms with Gasteiger partial charge in [-0.15, -0.1) is 0 Å². The van der Waals surface area contributed by atoms with Crippen LogP contribution in [0.4, 0.5) is 0 Å². The van der Waals surface area contributed by atoms with Gasteiger partial charge in [-0.1, -0.05) is 34.1 Å². The molecule has 2 amide bonds. The van der Waals surface area contributed by atoms with Crippen LogP contribution >= 0.6 is 15.9 Å². The number of carbonyl (C=O) groups is 2. The summed E-state index contributed by atoms with van der Waals surface area (Å²) in [6.45, 7) is 4.52. The third kappa shape index (κ3) is 6.49. The molecule has 1 N–H and O–H groups in total. The Kier molecular flexibility index (Phi) is 9.17. The largest absolute Gasteiger partial charge is 0.493 e. The molecule has 0 bridgehead atoms. The van der Waals surface area contributed by atoms with Crippen LogP contribution in [0.1, 0.15) is 31.4 Å². The van der Waals surface area contributed by atoms with Crippen molar-refractivity contribution >= 4 is 27.7 Å². The first kappa shape index (κ1) is 23.7. The van der Waals surface area contributed by atoms with E-state index in [1.807, 2.05) is 49.4 Å². The number of hydrogen-bond acceptors (Lipinski definition) is 4. The number of methoxy groups -OCH3 is 2. The molecular formula is C23H29BrN2O4. The number of nitrogens with zero attached hydrogens (tertiary/aromatic N) is 1. The topological polar surface area (TPSA) is 67.9 Å². The van der Waals surface area contributed by atoms with E-state index in [-0.39, 0.29) is 18.2 Å². The third-order valence-corrected chi connectivity index (χ3v) is 5.39. The number of benzene rings is 2. The predicted molar refractivity (Wildman–Crippen MR) is 121 cm³/mol. The quantitative estimate of drug-likeness (QED) is 0.563. The van der Waals surface area contributed by atoms with E-state index in [2.05, 4.69) is 21.2 Å². The van der Waals surface area contributed by atoms with Crippen molar-refractivity contribution < 1.29 is 19.1 Å². The number of aryl methyl sites for hydroxylation is 1. The van der Waals surface area contributed by atoms with Gasteiger partial charge >= 0.3 is 0 Å². The van der Waals surface area contributed by atoms with E-state index in [4.69, 9.17) is 9.47 Å². The average Bonchev–Trinajstić information content (AvgIpc) is 2.76. The van der Waals surface area contributed by atoms with Crippen molar-refractivity contribution in [2.45, 2.75) is 39.3 Å². The predicted octanol–water partition coefficient (Wildman–Crippen LogP) is 3.95. The summed E-state index contributed by atoms with van der Waals surface area (Å²) in [5.41, 5.74) is 1.93. The zero-order chi connectivity index (χ0) is 22.1. The fourth-order valence-electron chi connectivity index (χ4n) is 3.12. The van der Waals surface area contributed by atoms with Gasteiger partial charge in [0, 0.05) is 24.0 Å². The molecule has 0 aliphatic carbocycles. The molecule has 1 atom stereocenters. The minimum atomic E-state index is -0.563. The van der Waals surface area contributed by atoms with Gasteiger partial charge in [-0.25, -0.2) is 0 Å². The van der Waals surface area contributed by atoms with Crippen LogP contribution in [0.3, 0.4) is 0 Å². The molecule has 0 fully saturated rings. The average molecular weight is 477 g/mol. The van der Waals surface area contributed by atoms with Crippen LogP contribution in [0.25, 0.3) is 0 Å². The fourth-order valence-corrected chi connectivity index (χ4v) is 3.39. The molecule has 6 nitrogen and oxygen atoms in total. The number of carbonyl (C=O) groups excluding carboxylic acids is 2. The first-order chi connectivity index (χ1) is 14.4. The summed E-state index contributed by atoms with van der Waals surface area (Å²) in [6, 6.07) is 12.8. The lowest BCUT2D eigenvalue weighted by Crippen LogP contribution is -2.47. The Bertz CT molecular complexity index is 855. The Morgan fingerprint density at radius 2 is 1.67 bits per heavy atom. The second-order valence-corrected chi connectivity index (χ2v) is 7.82. The van der Waals surface area contributed by atoms with E-state index in [9.17, 15) is 9.59 Å². The van der Waals surface area contributed by atoms with E-state index >= 15 is 0 Å². The highest BCUT2D eigenvalue weighted by Crippen LogP contribution is 2.28. The molecule has 0 spiro atoms. The zero-order valence-electron chi connectivity index (χ0n) is 17.9. The molecule has 0 aliphatic heterocycles. The van der Waals surface area contributed by atoms with Crippen LogP contribution in [-0.2, 0) is 22.6 Å². The first-order valence-corrected chi connectivity index (χ1v) is 10.7. The monoisotopic (exact) mass is 476 g/mol. The van der Waals surface area contributed by atoms with E-state index in [1.54, 1.807) is 26.0 Å². The summed E-state index contributed by atoms with van der Waals surface area (Å²) in [6.07, 6.45) is 0.827. The third-order valence-electron chi connectivity index (χ3n) is 4.86. The molecule has 0 unspecified atom stereocenters. The lowest BCUT2D eigenvalue weighted by molar-refractivity contribution is -0.140. The minimum Gasteiger partial charge on any atom is -0.493 e. The Morgan fingerprint density at radius 3 is 2.27 bits per heavy atom. The van der Waals surface area contributed by atoms with Gasteiger partial charge in [0.2, 0.25) is 11.8 Å². The summed E-state index contributed by atoms with van der Waals surface area (Å²) in [7, 11) is 3.17. The van der Waals surface area contributed by atoms with Gasteiger partial charge in [0.1, 0.15) is 6.04 Å². The van der Waals surface area contributed by atoms with Crippen LogP contribution in [0.15, 0.2) is 46.9 Å². The van der Waals surface area contributed by atoms with E-state index in [0.717, 1.165) is 15.6 Å². The minimum absolute atomic E-state index is 0.0774. The van der Waals surface area contributed by atoms with Crippen molar-refractivity contribution in [3.63, 3.8) is 0 Å². The highest BCUT2D eigenvalue weighted by Gasteiger charge is 2.25. The van der Waals surface area contributed by atoms with Gasteiger partial charge in [0.15, 0.2) is 11.5 Å². The van der Waals surface area contributed by atoms with Gasteiger partial charge < -0.3 is 19.7 Å². The number of hydrogen-bond donors (Lipinski definition) is 1. The molecule has 2 aromatic carbocycles. The summed E-state index contributed by atoms with van der Waals surface area (Å²) >= 11 is 3.42. The number of amides is 2. The Morgan fingerprint density at radius 1 is 1.03 bits per heavy atom. The molecule has 162 valence electrons. The molecule has 0 radical (unpaired) electrons. The standard InChI is InChI=1S/C23H29BrN2O4/c1-5-25-23(28)16(2)26(15-18-6-10-19(24)11-7-18)22(27)13-9-17-8-12-20(29-3)21(14-17)30-4/h6-8,10-12,14,16H,5,9,13,15H2,1-4H3,(H,25,28)/t16-/m1/s1. The number of halogens is 1. The maximum Gasteiger partial charge on any atom is 0.242 e. The van der Waals surface area contributed by atoms with E-state index in [1.165, 1.54) is 0 Å². The van der Waals surface area contributed by atoms with Crippen LogP contribution < -0.4 is 14.8 Å². The lowest BCUT2D eigenvalue weighted by atomic mass is 10.1. The summed E-state index contributed by atoms with van der Waals surface area (Å²) < 4.78 is 11.6. The Hall–Kier alpha value is -2.54. The molecular weight excluding hydrogens is 448 g/mol. The lowest BCUT2D eigenvalue weighted by Gasteiger charge is -2.29. The Labute approximate surface area is 186 Å². The summed E-state index contributed by atoms with van der Waals surface area (Å²) in [5.74, 6) is 1.04. The van der Waals surface area contributed by atoms with Crippen molar-refractivity contribution in [2.75, 3.05) is 20.8 Å². The van der Waals surface area contributed by atoms with Gasteiger partial charge in [-0.05, 0) is 55.7 Å². The van der Waals surface area contributed by atoms with Crippen molar-refractivity contribution in [2.24, 2.45) is 0 Å². The summed E-state index contributed by atoms with van der Waals surface area (Å²) in [5, 5.41) is 2.81. The number of ether oxygens (including phenoxy) is 2. The molecule has 0 saturated carbocycles. The van der Waals surface area contributed by atoms with Crippen LogP contribution in [0, 0.1) is 0 Å². The van der Waals surface area contributed by atoms with Crippen LogP contribution in [0.2, 0.25) is 0 Å². The van der Waals surface area contributed by atoms with Gasteiger partial charge in [-0.2, -0.15) is 0 Å². The number of rotatable bonds is 10. The van der Waals surface area contributed by atoms with Gasteiger partial charge in [-0.3, -0.25) is 9.59 Å². The van der Waals surface area contributed by atoms with Crippen molar-refractivity contribution in [1.29, 1.82) is 0 Å². The fraction of sp³-hybridized carbons (Fsp3) is 0.391. The molecule has 2 aromatic rings. The van der Waals surface area contributed by atoms with Crippen LogP contribution in [0.5, 0.6) is 11.5 Å². The molecule has 30 heavy (non-hydrogen) atoms. The molecule has 0 saturated heterocycles. The second kappa shape index (κ2) is 11.6. The molecule has 0 aromatic heterocycles. The van der Waals surface area contributed by atoms with E-state index < -0.39 is 6.04 Å². The first-order valence-electron chi connectivity index (χ1n) is 9.92. The number of likely N-dealkylation sites (N-methyl/N-ethyl adjacent to an activating group) is 1. The molecule has 7 heteroatoms. The van der Waals surface area contributed by atoms with E-state index in [0.29, 0.717) is 31.0 Å². The number of nitrogens with one attached hydrogen (secondary N) is 1. The van der Waals surface area contributed by atoms with Gasteiger partial charge in [0.05, 0.1) is 14.2 Å². The van der Waals surface area contributed by atoms with Gasteiger partial charge in [0.25, 0.3) is 0 Å². The molecule has 2 rings (SSSR count). The zero-order valence-corrected chi connectivity index (χ0v) is 19.5. The second-order valence-electron chi connectivity index (χ2n) is 6.91. The molecule has 0 heterocycles. The van der Waals surface area contributed by atoms with Crippen molar-refractivity contribution in [3.05, 3.63) is 58.1 Å². The molecule has 0 aliphatic rings. The Balaban J connectivity index is 2.15. The maximum absolute atomic E-state index is 13.1. The SMILES string of the molecule is CCNC(=O)[C@@H](C)N(Cc1ccc(Br)cc1)C(=O)CCc1ccc(OC)c(OC)c1.